The molecule has 0 radical (unpaired) electrons. The molecule has 0 bridgehead atoms. The van der Waals surface area contributed by atoms with Crippen LogP contribution in [0, 0.1) is 45.8 Å². The van der Waals surface area contributed by atoms with E-state index in [2.05, 4.69) is 19.2 Å². The van der Waals surface area contributed by atoms with Crippen LogP contribution in [0.15, 0.2) is 9.98 Å². The number of nitrogens with zero attached hydrogens (tertiary/aromatic N) is 3. The van der Waals surface area contributed by atoms with E-state index in [-0.39, 0.29) is 5.66 Å². The van der Waals surface area contributed by atoms with Crippen molar-refractivity contribution < 1.29 is 9.90 Å². The van der Waals surface area contributed by atoms with Crippen LogP contribution in [0.4, 0.5) is 0 Å². The fourth-order valence-corrected chi connectivity index (χ4v) is 10.7. The van der Waals surface area contributed by atoms with Crippen molar-refractivity contribution >= 4 is 17.9 Å². The van der Waals surface area contributed by atoms with Crippen LogP contribution in [-0.2, 0) is 4.79 Å². The Kier molecular flexibility index (Phi) is 5.13. The molecule has 1 heterocycles. The van der Waals surface area contributed by atoms with Gasteiger partial charge in [0.25, 0.3) is 0 Å². The van der Waals surface area contributed by atoms with Crippen molar-refractivity contribution in [2.45, 2.75) is 96.6 Å². The molecule has 7 heteroatoms. The maximum absolute atomic E-state index is 11.2. The number of aliphatic carboxylic acids is 1. The first kappa shape index (κ1) is 23.6. The molecule has 6 rings (SSSR count). The van der Waals surface area contributed by atoms with Crippen LogP contribution in [0.1, 0.15) is 90.9 Å². The number of carbonyl (C=O) groups is 1. The lowest BCUT2D eigenvalue weighted by atomic mass is 9.48. The van der Waals surface area contributed by atoms with Gasteiger partial charge in [0.2, 0.25) is 5.96 Å². The summed E-state index contributed by atoms with van der Waals surface area (Å²) in [5.74, 6) is 4.33. The normalized spacial score (nSPS) is 48.3. The third-order valence-corrected chi connectivity index (χ3v) is 12.2. The van der Waals surface area contributed by atoms with Gasteiger partial charge >= 0.3 is 5.97 Å². The van der Waals surface area contributed by atoms with Crippen molar-refractivity contribution in [2.24, 2.45) is 61.6 Å². The van der Waals surface area contributed by atoms with Gasteiger partial charge in [0.15, 0.2) is 11.6 Å². The zero-order valence-corrected chi connectivity index (χ0v) is 22.1. The van der Waals surface area contributed by atoms with Crippen LogP contribution < -0.4 is 11.1 Å². The van der Waals surface area contributed by atoms with Crippen molar-refractivity contribution in [1.29, 1.82) is 0 Å². The molecule has 3 spiro atoms. The van der Waals surface area contributed by atoms with Crippen LogP contribution in [0.2, 0.25) is 0 Å². The number of nitrogens with two attached hydrogens (primary N) is 1. The summed E-state index contributed by atoms with van der Waals surface area (Å²) in [5.41, 5.74) is 7.33. The number of rotatable bonds is 4. The Balaban J connectivity index is 1.21. The average molecular weight is 484 g/mol. The molecule has 6 unspecified atom stereocenters. The van der Waals surface area contributed by atoms with Gasteiger partial charge in [-0.15, -0.1) is 0 Å². The summed E-state index contributed by atoms with van der Waals surface area (Å²) >= 11 is 0. The number of fused-ring (bicyclic) bond motifs is 2. The van der Waals surface area contributed by atoms with E-state index < -0.39 is 5.97 Å². The van der Waals surface area contributed by atoms with E-state index in [0.717, 1.165) is 37.1 Å². The van der Waals surface area contributed by atoms with Crippen molar-refractivity contribution in [1.82, 2.24) is 10.2 Å². The van der Waals surface area contributed by atoms with Crippen molar-refractivity contribution in [3.8, 4) is 0 Å². The molecule has 1 aliphatic heterocycles. The molecule has 0 aromatic carbocycles. The first-order valence-corrected chi connectivity index (χ1v) is 14.2. The highest BCUT2D eigenvalue weighted by molar-refractivity contribution is 5.99. The van der Waals surface area contributed by atoms with Crippen LogP contribution in [0.3, 0.4) is 0 Å². The summed E-state index contributed by atoms with van der Waals surface area (Å²) in [5, 5.41) is 12.4. The first-order valence-electron chi connectivity index (χ1n) is 14.2. The van der Waals surface area contributed by atoms with Gasteiger partial charge in [0.1, 0.15) is 0 Å². The van der Waals surface area contributed by atoms with E-state index in [1.807, 2.05) is 19.0 Å². The maximum atomic E-state index is 11.2. The van der Waals surface area contributed by atoms with Crippen LogP contribution in [0.25, 0.3) is 0 Å². The minimum absolute atomic E-state index is 0.318. The summed E-state index contributed by atoms with van der Waals surface area (Å²) in [4.78, 5) is 23.2. The summed E-state index contributed by atoms with van der Waals surface area (Å²) in [6, 6.07) is 0. The zero-order valence-electron chi connectivity index (χ0n) is 22.1. The Morgan fingerprint density at radius 1 is 1.11 bits per heavy atom. The van der Waals surface area contributed by atoms with Gasteiger partial charge in [-0.25, -0.2) is 9.98 Å². The lowest BCUT2D eigenvalue weighted by Gasteiger charge is -2.57. The van der Waals surface area contributed by atoms with Crippen LogP contribution in [0.5, 0.6) is 0 Å². The van der Waals surface area contributed by atoms with Gasteiger partial charge in [0, 0.05) is 20.5 Å². The molecule has 5 aliphatic carbocycles. The Bertz CT molecular complexity index is 978. The van der Waals surface area contributed by atoms with Gasteiger partial charge in [-0.1, -0.05) is 13.8 Å². The second-order valence-corrected chi connectivity index (χ2v) is 13.7. The summed E-state index contributed by atoms with van der Waals surface area (Å²) in [6.07, 6.45) is 14.0. The van der Waals surface area contributed by atoms with E-state index in [4.69, 9.17) is 15.7 Å². The molecular weight excluding hydrogens is 438 g/mol. The monoisotopic (exact) mass is 483 g/mol. The first-order chi connectivity index (χ1) is 16.5. The molecule has 35 heavy (non-hydrogen) atoms. The van der Waals surface area contributed by atoms with Crippen LogP contribution in [-0.4, -0.2) is 47.7 Å². The van der Waals surface area contributed by atoms with Gasteiger partial charge in [-0.05, 0) is 116 Å². The predicted octanol–water partition coefficient (Wildman–Crippen LogP) is 4.43. The fourth-order valence-electron chi connectivity index (χ4n) is 10.7. The minimum atomic E-state index is -0.644. The van der Waals surface area contributed by atoms with Gasteiger partial charge in [-0.2, -0.15) is 0 Å². The molecule has 5 saturated carbocycles. The number of carboxylic acid groups (broad SMARTS) is 1. The van der Waals surface area contributed by atoms with E-state index in [0.29, 0.717) is 46.4 Å². The second kappa shape index (κ2) is 7.61. The third kappa shape index (κ3) is 3.24. The lowest BCUT2D eigenvalue weighted by molar-refractivity contribution is -0.137. The Labute approximate surface area is 210 Å². The molecule has 0 aromatic rings. The van der Waals surface area contributed by atoms with Crippen LogP contribution >= 0.6 is 0 Å². The molecule has 4 N–H and O–H groups in total. The number of nitrogens with one attached hydrogen (secondary N) is 1. The van der Waals surface area contributed by atoms with E-state index in [9.17, 15) is 9.90 Å². The topological polar surface area (TPSA) is 103 Å². The predicted molar refractivity (Wildman–Crippen MR) is 138 cm³/mol. The molecule has 194 valence electrons. The minimum Gasteiger partial charge on any atom is -0.481 e. The molecule has 0 aromatic heterocycles. The van der Waals surface area contributed by atoms with E-state index in [1.165, 1.54) is 51.4 Å². The standard InChI is InChI=1S/C28H45N5O2/c1-17(5-10-22(34)35)19-8-9-20-21-7-6-18-15-28(31-23(29)30-24(32-28)33(3)4)14-13-26(18)16-27(21,26)12-11-25(19,20)2/h17-21H,5-16H2,1-4H3,(H,34,35)(H3,29,30,31,32)/t17?,18?,19-,20?,21?,25-,26-,27?,28?/m1/s1. The SMILES string of the molecule is CC(CCC(=O)O)[C@H]1CCC2C3CCC4CC5(CC[C@@]46CC36CC[C@@]21C)N=C(N)NC(N(C)C)=N5. The molecule has 0 amide bonds. The Morgan fingerprint density at radius 3 is 2.60 bits per heavy atom. The third-order valence-electron chi connectivity index (χ3n) is 12.2. The van der Waals surface area contributed by atoms with E-state index in [1.54, 1.807) is 0 Å². The highest BCUT2D eigenvalue weighted by atomic mass is 16.4. The summed E-state index contributed by atoms with van der Waals surface area (Å²) in [6.45, 7) is 4.91. The number of hydrogen-bond acceptors (Lipinski definition) is 6. The number of carboxylic acids is 1. The highest BCUT2D eigenvalue weighted by Gasteiger charge is 2.79. The molecular formula is C28H45N5O2. The van der Waals surface area contributed by atoms with Crippen molar-refractivity contribution in [3.05, 3.63) is 0 Å². The summed E-state index contributed by atoms with van der Waals surface area (Å²) < 4.78 is 0. The maximum Gasteiger partial charge on any atom is 0.303 e. The largest absolute Gasteiger partial charge is 0.481 e. The quantitative estimate of drug-likeness (QED) is 0.549. The van der Waals surface area contributed by atoms with Crippen molar-refractivity contribution in [3.63, 3.8) is 0 Å². The molecule has 6 aliphatic rings. The fraction of sp³-hybridized carbons (Fsp3) is 0.893. The van der Waals surface area contributed by atoms with E-state index >= 15 is 0 Å². The number of guanidine groups is 2. The lowest BCUT2D eigenvalue weighted by Crippen LogP contribution is -2.54. The summed E-state index contributed by atoms with van der Waals surface area (Å²) in [7, 11) is 4.03. The number of aliphatic imine (C=N–C) groups is 2. The Hall–Kier alpha value is -1.79. The molecule has 0 saturated heterocycles. The Morgan fingerprint density at radius 2 is 1.86 bits per heavy atom. The second-order valence-electron chi connectivity index (χ2n) is 13.7. The average Bonchev–Trinajstić information content (AvgIpc) is 3.34. The van der Waals surface area contributed by atoms with Gasteiger partial charge in [0.05, 0.1) is 0 Å². The molecule has 9 atom stereocenters. The van der Waals surface area contributed by atoms with Gasteiger partial charge in [-0.3, -0.25) is 10.1 Å². The molecule has 5 fully saturated rings. The molecule has 7 nitrogen and oxygen atoms in total. The smallest absolute Gasteiger partial charge is 0.303 e. The van der Waals surface area contributed by atoms with Gasteiger partial charge < -0.3 is 15.7 Å². The van der Waals surface area contributed by atoms with Crippen molar-refractivity contribution in [2.75, 3.05) is 14.1 Å². The zero-order chi connectivity index (χ0) is 24.8. The highest BCUT2D eigenvalue weighted by Crippen LogP contribution is 2.86. The number of hydrogen-bond donors (Lipinski definition) is 3.